The largest absolute Gasteiger partial charge is 0.423 e. The number of carbonyl (C=O) groups is 1. The maximum absolute atomic E-state index is 12.9. The maximum Gasteiger partial charge on any atom is 0.423 e. The van der Waals surface area contributed by atoms with Crippen molar-refractivity contribution in [2.45, 2.75) is 45.3 Å². The van der Waals surface area contributed by atoms with E-state index in [9.17, 15) is 28.1 Å². The third kappa shape index (κ3) is 5.30. The number of nitrogens with one attached hydrogen (secondary N) is 1. The van der Waals surface area contributed by atoms with Gasteiger partial charge in [0, 0.05) is 11.8 Å². The van der Waals surface area contributed by atoms with Crippen molar-refractivity contribution in [3.05, 3.63) is 33.9 Å². The first-order valence-electron chi connectivity index (χ1n) is 7.01. The highest BCUT2D eigenvalue weighted by Gasteiger charge is 2.39. The van der Waals surface area contributed by atoms with Gasteiger partial charge in [-0.3, -0.25) is 14.9 Å². The van der Waals surface area contributed by atoms with Gasteiger partial charge in [0.15, 0.2) is 8.32 Å². The summed E-state index contributed by atoms with van der Waals surface area (Å²) in [5.41, 5.74) is -3.93. The van der Waals surface area contributed by atoms with E-state index in [1.165, 1.54) is 13.8 Å². The molecule has 1 amide bonds. The average molecular weight is 364 g/mol. The van der Waals surface area contributed by atoms with E-state index in [1.807, 2.05) is 19.6 Å². The molecule has 0 heterocycles. The molecule has 24 heavy (non-hydrogen) atoms. The van der Waals surface area contributed by atoms with E-state index in [0.717, 1.165) is 6.07 Å². The Morgan fingerprint density at radius 2 is 1.79 bits per heavy atom. The predicted octanol–water partition coefficient (Wildman–Crippen LogP) is 4.18. The van der Waals surface area contributed by atoms with Crippen molar-refractivity contribution in [3.63, 3.8) is 0 Å². The summed E-state index contributed by atoms with van der Waals surface area (Å²) in [4.78, 5) is 21.9. The Morgan fingerprint density at radius 1 is 1.25 bits per heavy atom. The first-order chi connectivity index (χ1) is 10.6. The summed E-state index contributed by atoms with van der Waals surface area (Å²) in [5, 5.41) is 13.0. The first-order valence-corrected chi connectivity index (χ1v) is 10.4. The summed E-state index contributed by atoms with van der Waals surface area (Å²) in [6.45, 7) is 8.63. The zero-order valence-electron chi connectivity index (χ0n) is 13.9. The van der Waals surface area contributed by atoms with Crippen molar-refractivity contribution >= 4 is 25.6 Å². The van der Waals surface area contributed by atoms with Crippen LogP contribution < -0.4 is 5.32 Å². The van der Waals surface area contributed by atoms with E-state index >= 15 is 0 Å². The lowest BCUT2D eigenvalue weighted by atomic mass is 10.1. The summed E-state index contributed by atoms with van der Waals surface area (Å²) >= 11 is 0. The van der Waals surface area contributed by atoms with Gasteiger partial charge >= 0.3 is 6.18 Å². The lowest BCUT2D eigenvalue weighted by Crippen LogP contribution is -2.46. The SMILES string of the molecule is CC(C)(O[Si](C)(C)C)C(=O)Nc1ccc([N+](=O)[O-])c(C(F)(F)F)c1. The molecule has 0 aliphatic carbocycles. The van der Waals surface area contributed by atoms with Gasteiger partial charge in [-0.1, -0.05) is 0 Å². The van der Waals surface area contributed by atoms with Crippen molar-refractivity contribution in [3.8, 4) is 0 Å². The van der Waals surface area contributed by atoms with Crippen LogP contribution in [0.1, 0.15) is 19.4 Å². The zero-order chi connectivity index (χ0) is 18.9. The number of nitrogens with zero attached hydrogens (tertiary/aromatic N) is 1. The minimum atomic E-state index is -4.91. The van der Waals surface area contributed by atoms with Gasteiger partial charge in [0.05, 0.1) is 4.92 Å². The molecule has 10 heteroatoms. The van der Waals surface area contributed by atoms with Crippen LogP contribution in [0.4, 0.5) is 24.5 Å². The van der Waals surface area contributed by atoms with Crippen LogP contribution in [-0.2, 0) is 15.4 Å². The van der Waals surface area contributed by atoms with Crippen molar-refractivity contribution in [2.24, 2.45) is 0 Å². The summed E-state index contributed by atoms with van der Waals surface area (Å²) in [7, 11) is -2.07. The summed E-state index contributed by atoms with van der Waals surface area (Å²) in [6, 6.07) is 2.31. The summed E-state index contributed by atoms with van der Waals surface area (Å²) in [5.74, 6) is -0.632. The number of hydrogen-bond donors (Lipinski definition) is 1. The summed E-state index contributed by atoms with van der Waals surface area (Å²) in [6.07, 6.45) is -4.91. The Bertz CT molecular complexity index is 654. The molecule has 1 N–H and O–H groups in total. The van der Waals surface area contributed by atoms with Crippen LogP contribution in [0.5, 0.6) is 0 Å². The third-order valence-corrected chi connectivity index (χ3v) is 3.99. The Balaban J connectivity index is 3.13. The van der Waals surface area contributed by atoms with Crippen LogP contribution in [0.3, 0.4) is 0 Å². The number of hydrogen-bond acceptors (Lipinski definition) is 4. The molecule has 1 aromatic rings. The maximum atomic E-state index is 12.9. The summed E-state index contributed by atoms with van der Waals surface area (Å²) < 4.78 is 44.6. The van der Waals surface area contributed by atoms with Crippen LogP contribution in [0.25, 0.3) is 0 Å². The Hall–Kier alpha value is -1.94. The monoisotopic (exact) mass is 364 g/mol. The molecule has 0 aliphatic rings. The number of halogens is 3. The third-order valence-electron chi connectivity index (χ3n) is 2.86. The van der Waals surface area contributed by atoms with E-state index in [0.29, 0.717) is 12.1 Å². The quantitative estimate of drug-likeness (QED) is 0.483. The van der Waals surface area contributed by atoms with Gasteiger partial charge in [-0.2, -0.15) is 13.2 Å². The molecule has 0 aliphatic heterocycles. The number of carbonyl (C=O) groups excluding carboxylic acids is 1. The highest BCUT2D eigenvalue weighted by atomic mass is 28.4. The predicted molar refractivity (Wildman–Crippen MR) is 85.2 cm³/mol. The zero-order valence-corrected chi connectivity index (χ0v) is 14.9. The smallest absolute Gasteiger partial charge is 0.404 e. The Kier molecular flexibility index (Phi) is 5.46. The molecule has 0 atom stereocenters. The second-order valence-electron chi connectivity index (χ2n) is 6.67. The molecule has 0 radical (unpaired) electrons. The number of nitro groups is 1. The first kappa shape index (κ1) is 20.1. The normalized spacial score (nSPS) is 12.8. The number of alkyl halides is 3. The van der Waals surface area contributed by atoms with Gasteiger partial charge in [0.2, 0.25) is 0 Å². The fourth-order valence-electron chi connectivity index (χ4n) is 2.09. The molecule has 0 saturated carbocycles. The minimum Gasteiger partial charge on any atom is -0.404 e. The average Bonchev–Trinajstić information content (AvgIpc) is 2.34. The number of anilines is 1. The van der Waals surface area contributed by atoms with Crippen molar-refractivity contribution in [1.29, 1.82) is 0 Å². The molecular formula is C14H19F3N2O4Si. The second-order valence-corrected chi connectivity index (χ2v) is 11.1. The fourth-order valence-corrected chi connectivity index (χ4v) is 3.72. The molecule has 0 unspecified atom stereocenters. The molecule has 0 saturated heterocycles. The van der Waals surface area contributed by atoms with Crippen LogP contribution in [0.15, 0.2) is 18.2 Å². The molecule has 0 bridgehead atoms. The van der Waals surface area contributed by atoms with E-state index < -0.39 is 42.2 Å². The highest BCUT2D eigenvalue weighted by molar-refractivity contribution is 6.70. The number of amides is 1. The van der Waals surface area contributed by atoms with Crippen LogP contribution in [0.2, 0.25) is 19.6 Å². The number of benzene rings is 1. The van der Waals surface area contributed by atoms with Gasteiger partial charge in [-0.05, 0) is 45.6 Å². The molecular weight excluding hydrogens is 345 g/mol. The van der Waals surface area contributed by atoms with Gasteiger partial charge in [0.1, 0.15) is 11.2 Å². The lowest BCUT2D eigenvalue weighted by molar-refractivity contribution is -0.388. The Labute approximate surface area is 138 Å². The van der Waals surface area contributed by atoms with E-state index in [1.54, 1.807) is 0 Å². The van der Waals surface area contributed by atoms with Crippen molar-refractivity contribution < 1.29 is 27.3 Å². The van der Waals surface area contributed by atoms with Crippen LogP contribution >= 0.6 is 0 Å². The number of rotatable bonds is 5. The molecule has 0 aromatic heterocycles. The van der Waals surface area contributed by atoms with E-state index in [2.05, 4.69) is 5.32 Å². The number of nitro benzene ring substituents is 1. The fraction of sp³-hybridized carbons (Fsp3) is 0.500. The van der Waals surface area contributed by atoms with E-state index in [4.69, 9.17) is 4.43 Å². The second kappa shape index (κ2) is 6.52. The molecule has 0 fully saturated rings. The van der Waals surface area contributed by atoms with Gasteiger partial charge < -0.3 is 9.74 Å². The van der Waals surface area contributed by atoms with Crippen LogP contribution in [-0.4, -0.2) is 24.7 Å². The topological polar surface area (TPSA) is 81.5 Å². The standard InChI is InChI=1S/C14H19F3N2O4Si/c1-13(2,23-24(3,4)5)12(20)18-9-6-7-11(19(21)22)10(8-9)14(15,16)17/h6-8H,1-5H3,(H,18,20). The molecule has 134 valence electrons. The van der Waals surface area contributed by atoms with Gasteiger partial charge in [-0.15, -0.1) is 0 Å². The Morgan fingerprint density at radius 3 is 2.21 bits per heavy atom. The molecule has 1 rings (SSSR count). The molecule has 1 aromatic carbocycles. The minimum absolute atomic E-state index is 0.190. The van der Waals surface area contributed by atoms with Crippen molar-refractivity contribution in [2.75, 3.05) is 5.32 Å². The van der Waals surface area contributed by atoms with Gasteiger partial charge in [-0.25, -0.2) is 0 Å². The van der Waals surface area contributed by atoms with Crippen LogP contribution in [0, 0.1) is 10.1 Å². The molecule has 0 spiro atoms. The molecule has 6 nitrogen and oxygen atoms in total. The van der Waals surface area contributed by atoms with Crippen molar-refractivity contribution in [1.82, 2.24) is 0 Å². The highest BCUT2D eigenvalue weighted by Crippen LogP contribution is 2.37. The lowest BCUT2D eigenvalue weighted by Gasteiger charge is -2.31. The van der Waals surface area contributed by atoms with Gasteiger partial charge in [0.25, 0.3) is 11.6 Å². The van der Waals surface area contributed by atoms with E-state index in [-0.39, 0.29) is 5.69 Å².